The Morgan fingerprint density at radius 1 is 1.56 bits per heavy atom. The fourth-order valence-electron chi connectivity index (χ4n) is 1.93. The monoisotopic (exact) mass is 246 g/mol. The van der Waals surface area contributed by atoms with Gasteiger partial charge in [-0.05, 0) is 31.4 Å². The van der Waals surface area contributed by atoms with Crippen molar-refractivity contribution in [3.63, 3.8) is 0 Å². The Morgan fingerprint density at radius 2 is 2.25 bits per heavy atom. The molecule has 0 spiro atoms. The first kappa shape index (κ1) is 11.6. The van der Waals surface area contributed by atoms with Gasteiger partial charge in [0.1, 0.15) is 11.7 Å². The lowest BCUT2D eigenvalue weighted by molar-refractivity contribution is 0.169. The third-order valence-electron chi connectivity index (χ3n) is 3.09. The van der Waals surface area contributed by atoms with Gasteiger partial charge in [-0.3, -0.25) is 0 Å². The van der Waals surface area contributed by atoms with Gasteiger partial charge in [-0.2, -0.15) is 0 Å². The molecule has 1 aliphatic rings. The zero-order valence-corrected chi connectivity index (χ0v) is 9.93. The summed E-state index contributed by atoms with van der Waals surface area (Å²) >= 11 is 0. The molecule has 90 valence electrons. The van der Waals surface area contributed by atoms with Crippen LogP contribution in [0.5, 0.6) is 0 Å². The van der Waals surface area contributed by atoms with Crippen molar-refractivity contribution in [2.75, 3.05) is 6.67 Å². The first-order valence-corrected chi connectivity index (χ1v) is 6.69. The fourth-order valence-corrected chi connectivity index (χ4v) is 3.56. The Balaban J connectivity index is 2.24. The molecular formula is C10H15FN2O2S. The van der Waals surface area contributed by atoms with Gasteiger partial charge in [-0.1, -0.05) is 0 Å². The molecule has 0 aliphatic heterocycles. The minimum Gasteiger partial charge on any atom is -0.341 e. The number of aromatic nitrogens is 1. The second-order valence-corrected chi connectivity index (χ2v) is 5.96. The fraction of sp³-hybridized carbons (Fsp3) is 0.600. The number of alkyl halides is 1. The Bertz CT molecular complexity index is 471. The predicted octanol–water partition coefficient (Wildman–Crippen LogP) is 1.20. The Morgan fingerprint density at radius 3 is 2.62 bits per heavy atom. The number of hydrogen-bond donors (Lipinski definition) is 1. The van der Waals surface area contributed by atoms with Crippen molar-refractivity contribution in [3.8, 4) is 0 Å². The van der Waals surface area contributed by atoms with Crippen LogP contribution < -0.4 is 4.72 Å². The van der Waals surface area contributed by atoms with Gasteiger partial charge in [0.25, 0.3) is 10.0 Å². The van der Waals surface area contributed by atoms with Crippen molar-refractivity contribution in [1.82, 2.24) is 9.29 Å². The summed E-state index contributed by atoms with van der Waals surface area (Å²) in [4.78, 5) is 0. The zero-order chi connectivity index (χ0) is 11.8. The van der Waals surface area contributed by atoms with Gasteiger partial charge in [0.2, 0.25) is 0 Å². The van der Waals surface area contributed by atoms with E-state index in [9.17, 15) is 12.8 Å². The number of halogens is 1. The summed E-state index contributed by atoms with van der Waals surface area (Å²) in [6, 6.07) is 3.16. The number of hydrogen-bond acceptors (Lipinski definition) is 2. The summed E-state index contributed by atoms with van der Waals surface area (Å²) in [5.74, 6) is 0. The van der Waals surface area contributed by atoms with Crippen molar-refractivity contribution < 1.29 is 12.8 Å². The summed E-state index contributed by atoms with van der Waals surface area (Å²) in [5, 5.41) is 0.173. The molecule has 1 saturated carbocycles. The first-order chi connectivity index (χ1) is 7.49. The molecule has 0 saturated heterocycles. The van der Waals surface area contributed by atoms with Gasteiger partial charge in [-0.25, -0.2) is 17.5 Å². The summed E-state index contributed by atoms with van der Waals surface area (Å²) in [7, 11) is -1.96. The molecule has 4 nitrogen and oxygen atoms in total. The molecule has 1 N–H and O–H groups in total. The normalized spacial score (nSPS) is 19.4. The van der Waals surface area contributed by atoms with Crippen LogP contribution in [0.15, 0.2) is 23.4 Å². The second kappa shape index (κ2) is 3.85. The van der Waals surface area contributed by atoms with Crippen molar-refractivity contribution in [2.45, 2.75) is 29.8 Å². The molecule has 0 aromatic carbocycles. The van der Waals surface area contributed by atoms with Crippen LogP contribution in [0.25, 0.3) is 0 Å². The highest BCUT2D eigenvalue weighted by Gasteiger charge is 2.41. The minimum absolute atomic E-state index is 0.173. The summed E-state index contributed by atoms with van der Waals surface area (Å²) < 4.78 is 40.8. The van der Waals surface area contributed by atoms with Crippen LogP contribution in [0.3, 0.4) is 0 Å². The van der Waals surface area contributed by atoms with E-state index in [0.29, 0.717) is 12.8 Å². The highest BCUT2D eigenvalue weighted by atomic mass is 32.2. The lowest BCUT2D eigenvalue weighted by Gasteiger charge is -2.39. The quantitative estimate of drug-likeness (QED) is 0.867. The molecule has 1 aromatic rings. The van der Waals surface area contributed by atoms with E-state index >= 15 is 0 Å². The standard InChI is InChI=1S/C10H15FN2O2S/c1-13-7-2-4-9(13)16(14,15)12-10(8-11)5-3-6-10/h2,4,7,12H,3,5-6,8H2,1H3. The summed E-state index contributed by atoms with van der Waals surface area (Å²) in [6.07, 6.45) is 3.68. The van der Waals surface area contributed by atoms with Crippen LogP contribution in [-0.4, -0.2) is 25.2 Å². The third-order valence-corrected chi connectivity index (χ3v) is 4.77. The van der Waals surface area contributed by atoms with Crippen molar-refractivity contribution in [2.24, 2.45) is 7.05 Å². The molecule has 1 aromatic heterocycles. The van der Waals surface area contributed by atoms with Crippen LogP contribution in [0.2, 0.25) is 0 Å². The Hall–Kier alpha value is -0.880. The van der Waals surface area contributed by atoms with Crippen molar-refractivity contribution >= 4 is 10.0 Å². The van der Waals surface area contributed by atoms with Gasteiger partial charge < -0.3 is 4.57 Å². The van der Waals surface area contributed by atoms with E-state index in [4.69, 9.17) is 0 Å². The highest BCUT2D eigenvalue weighted by molar-refractivity contribution is 7.89. The zero-order valence-electron chi connectivity index (χ0n) is 9.11. The molecule has 2 rings (SSSR count). The third kappa shape index (κ3) is 1.87. The SMILES string of the molecule is Cn1cccc1S(=O)(=O)NC1(CF)CCC1. The minimum atomic E-state index is -3.61. The predicted molar refractivity (Wildman–Crippen MR) is 58.3 cm³/mol. The summed E-state index contributed by atoms with van der Waals surface area (Å²) in [5.41, 5.74) is -0.858. The number of nitrogens with zero attached hydrogens (tertiary/aromatic N) is 1. The molecule has 0 radical (unpaired) electrons. The van der Waals surface area contributed by atoms with Gasteiger partial charge in [0, 0.05) is 13.2 Å². The molecular weight excluding hydrogens is 231 g/mol. The summed E-state index contributed by atoms with van der Waals surface area (Å²) in [6.45, 7) is -0.642. The second-order valence-electron chi connectivity index (χ2n) is 4.33. The molecule has 1 fully saturated rings. The maximum absolute atomic E-state index is 12.8. The van der Waals surface area contributed by atoms with E-state index in [1.807, 2.05) is 0 Å². The van der Waals surface area contributed by atoms with Crippen LogP contribution in [-0.2, 0) is 17.1 Å². The molecule has 0 unspecified atom stereocenters. The van der Waals surface area contributed by atoms with Crippen LogP contribution in [0, 0.1) is 0 Å². The van der Waals surface area contributed by atoms with Crippen molar-refractivity contribution in [3.05, 3.63) is 18.3 Å². The smallest absolute Gasteiger partial charge is 0.256 e. The van der Waals surface area contributed by atoms with E-state index in [1.54, 1.807) is 19.3 Å². The number of aryl methyl sites for hydroxylation is 1. The number of rotatable bonds is 4. The number of nitrogens with one attached hydrogen (secondary N) is 1. The van der Waals surface area contributed by atoms with E-state index < -0.39 is 22.2 Å². The van der Waals surface area contributed by atoms with Crippen LogP contribution in [0.1, 0.15) is 19.3 Å². The van der Waals surface area contributed by atoms with Crippen LogP contribution >= 0.6 is 0 Å². The van der Waals surface area contributed by atoms with Gasteiger partial charge in [0.05, 0.1) is 5.54 Å². The van der Waals surface area contributed by atoms with Gasteiger partial charge >= 0.3 is 0 Å². The van der Waals surface area contributed by atoms with E-state index in [-0.39, 0.29) is 5.03 Å². The number of sulfonamides is 1. The van der Waals surface area contributed by atoms with Gasteiger partial charge in [0.15, 0.2) is 0 Å². The lowest BCUT2D eigenvalue weighted by atomic mass is 9.79. The Kier molecular flexibility index (Phi) is 2.79. The largest absolute Gasteiger partial charge is 0.341 e. The topological polar surface area (TPSA) is 51.1 Å². The molecule has 0 bridgehead atoms. The maximum Gasteiger partial charge on any atom is 0.256 e. The molecule has 1 aliphatic carbocycles. The van der Waals surface area contributed by atoms with Crippen LogP contribution in [0.4, 0.5) is 4.39 Å². The van der Waals surface area contributed by atoms with E-state index in [1.165, 1.54) is 10.6 Å². The molecule has 16 heavy (non-hydrogen) atoms. The average molecular weight is 246 g/mol. The average Bonchev–Trinajstić information content (AvgIpc) is 2.59. The molecule has 0 atom stereocenters. The lowest BCUT2D eigenvalue weighted by Crippen LogP contribution is -2.55. The maximum atomic E-state index is 12.8. The van der Waals surface area contributed by atoms with E-state index in [0.717, 1.165) is 6.42 Å². The van der Waals surface area contributed by atoms with Crippen molar-refractivity contribution in [1.29, 1.82) is 0 Å². The first-order valence-electron chi connectivity index (χ1n) is 5.20. The van der Waals surface area contributed by atoms with E-state index in [2.05, 4.69) is 4.72 Å². The molecule has 6 heteroatoms. The Labute approximate surface area is 94.5 Å². The molecule has 1 heterocycles. The highest BCUT2D eigenvalue weighted by Crippen LogP contribution is 2.33. The molecule has 0 amide bonds. The van der Waals surface area contributed by atoms with Gasteiger partial charge in [-0.15, -0.1) is 0 Å².